The number of carbonyl (C=O) groups excluding carboxylic acids is 2. The number of rotatable bonds is 4. The van der Waals surface area contributed by atoms with Crippen molar-refractivity contribution < 1.29 is 9.59 Å². The second-order valence-corrected chi connectivity index (χ2v) is 5.20. The van der Waals surface area contributed by atoms with Crippen molar-refractivity contribution in [1.82, 2.24) is 0 Å². The first-order valence-corrected chi connectivity index (χ1v) is 7.19. The molecule has 3 nitrogen and oxygen atoms in total. The van der Waals surface area contributed by atoms with Gasteiger partial charge < -0.3 is 4.90 Å². The van der Waals surface area contributed by atoms with Gasteiger partial charge in [0.15, 0.2) is 5.78 Å². The van der Waals surface area contributed by atoms with E-state index < -0.39 is 5.92 Å². The van der Waals surface area contributed by atoms with Crippen LogP contribution in [0.15, 0.2) is 54.6 Å². The molecule has 0 spiro atoms. The molecule has 3 rings (SSSR count). The Balaban J connectivity index is 1.92. The third-order valence-electron chi connectivity index (χ3n) is 3.91. The van der Waals surface area contributed by atoms with Gasteiger partial charge in [-0.05, 0) is 24.1 Å². The average Bonchev–Trinajstić information content (AvgIpc) is 2.79. The highest BCUT2D eigenvalue weighted by atomic mass is 16.2. The van der Waals surface area contributed by atoms with Crippen molar-refractivity contribution in [3.63, 3.8) is 0 Å². The number of nitrogens with zero attached hydrogens (tertiary/aromatic N) is 1. The van der Waals surface area contributed by atoms with E-state index in [4.69, 9.17) is 0 Å². The molecular weight excluding hydrogens is 262 g/mol. The molecule has 2 aromatic carbocycles. The van der Waals surface area contributed by atoms with Crippen molar-refractivity contribution in [2.45, 2.75) is 19.3 Å². The minimum absolute atomic E-state index is 0.0328. The molecule has 1 aliphatic rings. The van der Waals surface area contributed by atoms with Gasteiger partial charge in [0.25, 0.3) is 0 Å². The molecule has 106 valence electrons. The van der Waals surface area contributed by atoms with Gasteiger partial charge >= 0.3 is 0 Å². The minimum Gasteiger partial charge on any atom is -0.311 e. The summed E-state index contributed by atoms with van der Waals surface area (Å²) in [5, 5.41) is 0. The standard InChI is InChI=1S/C18H17NO2/c1-2-19-15-11-7-6-10-14(15)17(18(19)21)16(20)12-13-8-4-3-5-9-13/h3-11,17H,2,12H2,1H3. The summed E-state index contributed by atoms with van der Waals surface area (Å²) in [5.41, 5.74) is 2.66. The average molecular weight is 279 g/mol. The second kappa shape index (κ2) is 5.52. The predicted molar refractivity (Wildman–Crippen MR) is 82.4 cm³/mol. The molecule has 21 heavy (non-hydrogen) atoms. The van der Waals surface area contributed by atoms with Gasteiger partial charge in [0, 0.05) is 18.7 Å². The summed E-state index contributed by atoms with van der Waals surface area (Å²) in [7, 11) is 0. The van der Waals surface area contributed by atoms with Crippen LogP contribution in [0, 0.1) is 0 Å². The van der Waals surface area contributed by atoms with Gasteiger partial charge in [0.05, 0.1) is 0 Å². The van der Waals surface area contributed by atoms with Crippen LogP contribution in [0.2, 0.25) is 0 Å². The third-order valence-corrected chi connectivity index (χ3v) is 3.91. The molecular formula is C18H17NO2. The number of Topliss-reactive ketones (excluding diaryl/α,β-unsaturated/α-hetero) is 1. The maximum absolute atomic E-state index is 12.6. The fourth-order valence-corrected chi connectivity index (χ4v) is 2.92. The molecule has 0 aliphatic carbocycles. The summed E-state index contributed by atoms with van der Waals surface area (Å²) < 4.78 is 0. The van der Waals surface area contributed by atoms with E-state index in [-0.39, 0.29) is 11.7 Å². The van der Waals surface area contributed by atoms with E-state index in [9.17, 15) is 9.59 Å². The van der Waals surface area contributed by atoms with Crippen LogP contribution in [0.3, 0.4) is 0 Å². The van der Waals surface area contributed by atoms with E-state index in [1.54, 1.807) is 4.90 Å². The topological polar surface area (TPSA) is 37.4 Å². The summed E-state index contributed by atoms with van der Waals surface area (Å²) in [5.74, 6) is -0.782. The van der Waals surface area contributed by atoms with Crippen LogP contribution in [0.1, 0.15) is 24.0 Å². The van der Waals surface area contributed by atoms with Crippen LogP contribution < -0.4 is 4.90 Å². The van der Waals surface area contributed by atoms with E-state index in [0.29, 0.717) is 13.0 Å². The minimum atomic E-state index is -0.652. The van der Waals surface area contributed by atoms with E-state index in [2.05, 4.69) is 0 Å². The summed E-state index contributed by atoms with van der Waals surface area (Å²) in [6, 6.07) is 17.1. The van der Waals surface area contributed by atoms with Crippen molar-refractivity contribution >= 4 is 17.4 Å². The number of hydrogen-bond donors (Lipinski definition) is 0. The Hall–Kier alpha value is -2.42. The highest BCUT2D eigenvalue weighted by Crippen LogP contribution is 2.37. The van der Waals surface area contributed by atoms with E-state index in [1.807, 2.05) is 61.5 Å². The summed E-state index contributed by atoms with van der Waals surface area (Å²) >= 11 is 0. The van der Waals surface area contributed by atoms with Crippen molar-refractivity contribution in [3.05, 3.63) is 65.7 Å². The maximum atomic E-state index is 12.6. The lowest BCUT2D eigenvalue weighted by Gasteiger charge is -2.14. The largest absolute Gasteiger partial charge is 0.311 e. The Labute approximate surface area is 124 Å². The Morgan fingerprint density at radius 2 is 1.71 bits per heavy atom. The van der Waals surface area contributed by atoms with Gasteiger partial charge in [0.1, 0.15) is 5.92 Å². The van der Waals surface area contributed by atoms with Crippen LogP contribution in [-0.2, 0) is 16.0 Å². The molecule has 1 amide bonds. The molecule has 1 unspecified atom stereocenters. The number of ketones is 1. The molecule has 0 aromatic heterocycles. The van der Waals surface area contributed by atoms with E-state index in [0.717, 1.165) is 16.8 Å². The number of hydrogen-bond acceptors (Lipinski definition) is 2. The van der Waals surface area contributed by atoms with E-state index in [1.165, 1.54) is 0 Å². The monoisotopic (exact) mass is 279 g/mol. The van der Waals surface area contributed by atoms with Gasteiger partial charge in [-0.3, -0.25) is 9.59 Å². The third kappa shape index (κ3) is 2.35. The number of para-hydroxylation sites is 1. The number of anilines is 1. The SMILES string of the molecule is CCN1C(=O)C(C(=O)Cc2ccccc2)c2ccccc21. The van der Waals surface area contributed by atoms with Gasteiger partial charge in [0.2, 0.25) is 5.91 Å². The molecule has 0 saturated carbocycles. The first-order valence-electron chi connectivity index (χ1n) is 7.19. The summed E-state index contributed by atoms with van der Waals surface area (Å²) in [6.45, 7) is 2.52. The molecule has 1 aliphatic heterocycles. The zero-order valence-corrected chi connectivity index (χ0v) is 12.0. The van der Waals surface area contributed by atoms with Gasteiger partial charge in [-0.25, -0.2) is 0 Å². The maximum Gasteiger partial charge on any atom is 0.242 e. The summed E-state index contributed by atoms with van der Waals surface area (Å²) in [4.78, 5) is 26.8. The number of carbonyl (C=O) groups is 2. The molecule has 0 fully saturated rings. The highest BCUT2D eigenvalue weighted by Gasteiger charge is 2.40. The fourth-order valence-electron chi connectivity index (χ4n) is 2.92. The van der Waals surface area contributed by atoms with Crippen LogP contribution in [0.4, 0.5) is 5.69 Å². The Morgan fingerprint density at radius 3 is 2.43 bits per heavy atom. The van der Waals surface area contributed by atoms with Crippen LogP contribution in [-0.4, -0.2) is 18.2 Å². The molecule has 0 bridgehead atoms. The van der Waals surface area contributed by atoms with Crippen molar-refractivity contribution in [2.24, 2.45) is 0 Å². The zero-order chi connectivity index (χ0) is 14.8. The van der Waals surface area contributed by atoms with Crippen LogP contribution in [0.25, 0.3) is 0 Å². The molecule has 0 radical (unpaired) electrons. The smallest absolute Gasteiger partial charge is 0.242 e. The quantitative estimate of drug-likeness (QED) is 0.807. The predicted octanol–water partition coefficient (Wildman–Crippen LogP) is 2.95. The molecule has 1 atom stereocenters. The Morgan fingerprint density at radius 1 is 1.05 bits per heavy atom. The lowest BCUT2D eigenvalue weighted by Crippen LogP contribution is -2.31. The fraction of sp³-hybridized carbons (Fsp3) is 0.222. The number of amides is 1. The first kappa shape index (κ1) is 13.6. The lowest BCUT2D eigenvalue weighted by atomic mass is 9.92. The van der Waals surface area contributed by atoms with Crippen molar-refractivity contribution in [3.8, 4) is 0 Å². The van der Waals surface area contributed by atoms with Gasteiger partial charge in [-0.2, -0.15) is 0 Å². The Kier molecular flexibility index (Phi) is 3.57. The van der Waals surface area contributed by atoms with Crippen molar-refractivity contribution in [1.29, 1.82) is 0 Å². The molecule has 3 heteroatoms. The van der Waals surface area contributed by atoms with Gasteiger partial charge in [-0.1, -0.05) is 48.5 Å². The number of benzene rings is 2. The lowest BCUT2D eigenvalue weighted by molar-refractivity contribution is -0.127. The molecule has 1 heterocycles. The second-order valence-electron chi connectivity index (χ2n) is 5.20. The molecule has 0 saturated heterocycles. The number of fused-ring (bicyclic) bond motifs is 1. The zero-order valence-electron chi connectivity index (χ0n) is 12.0. The van der Waals surface area contributed by atoms with Crippen molar-refractivity contribution in [2.75, 3.05) is 11.4 Å². The van der Waals surface area contributed by atoms with E-state index >= 15 is 0 Å². The normalized spacial score (nSPS) is 16.9. The van der Waals surface area contributed by atoms with Crippen LogP contribution >= 0.6 is 0 Å². The summed E-state index contributed by atoms with van der Waals surface area (Å²) in [6.07, 6.45) is 0.295. The first-order chi connectivity index (χ1) is 10.2. The molecule has 2 aromatic rings. The number of likely N-dealkylation sites (N-methyl/N-ethyl adjacent to an activating group) is 1. The van der Waals surface area contributed by atoms with Crippen LogP contribution in [0.5, 0.6) is 0 Å². The molecule has 0 N–H and O–H groups in total. The Bertz CT molecular complexity index is 679. The van der Waals surface area contributed by atoms with Gasteiger partial charge in [-0.15, -0.1) is 0 Å². The highest BCUT2D eigenvalue weighted by molar-refractivity contribution is 6.18.